The molecule has 0 amide bonds. The van der Waals surface area contributed by atoms with Crippen LogP contribution in [0.5, 0.6) is 0 Å². The molecule has 0 aliphatic carbocycles. The molecule has 6 heteroatoms. The number of pyridine rings is 1. The average molecular weight is 222 g/mol. The Morgan fingerprint density at radius 2 is 1.93 bits per heavy atom. The Bertz CT molecular complexity index is 415. The van der Waals surface area contributed by atoms with Crippen LogP contribution >= 0.6 is 11.6 Å². The second-order valence-corrected chi connectivity index (χ2v) is 3.11. The number of nitriles is 2. The van der Waals surface area contributed by atoms with Crippen LogP contribution in [0.1, 0.15) is 0 Å². The van der Waals surface area contributed by atoms with E-state index < -0.39 is 0 Å². The summed E-state index contributed by atoms with van der Waals surface area (Å²) < 4.78 is 0. The van der Waals surface area contributed by atoms with Gasteiger partial charge in [0.15, 0.2) is 5.82 Å². The summed E-state index contributed by atoms with van der Waals surface area (Å²) >= 11 is 5.70. The smallest absolute Gasteiger partial charge is 0.155 e. The van der Waals surface area contributed by atoms with Gasteiger partial charge in [-0.2, -0.15) is 10.5 Å². The van der Waals surface area contributed by atoms with Gasteiger partial charge in [-0.1, -0.05) is 11.6 Å². The van der Waals surface area contributed by atoms with Crippen LogP contribution in [0.2, 0.25) is 5.15 Å². The molecule has 0 saturated heterocycles. The molecule has 0 fully saturated rings. The maximum Gasteiger partial charge on any atom is 0.155 e. The van der Waals surface area contributed by atoms with Crippen molar-refractivity contribution in [2.45, 2.75) is 0 Å². The Kier molecular flexibility index (Phi) is 3.73. The first-order chi connectivity index (χ1) is 7.19. The highest BCUT2D eigenvalue weighted by Gasteiger charge is 2.11. The lowest BCUT2D eigenvalue weighted by Crippen LogP contribution is -2.25. The molecule has 1 heterocycles. The zero-order valence-electron chi connectivity index (χ0n) is 7.81. The van der Waals surface area contributed by atoms with E-state index in [0.717, 1.165) is 0 Å². The molecular weight excluding hydrogens is 214 g/mol. The zero-order chi connectivity index (χ0) is 11.3. The SMILES string of the molecule is N#CCN(CC#N)c1nc(Cl)ccc1N. The Hall–Kier alpha value is -1.98. The topological polar surface area (TPSA) is 89.7 Å². The minimum absolute atomic E-state index is 0.0467. The Labute approximate surface area is 92.3 Å². The number of halogens is 1. The molecule has 1 aromatic rings. The van der Waals surface area contributed by atoms with Gasteiger partial charge < -0.3 is 10.6 Å². The maximum atomic E-state index is 8.58. The van der Waals surface area contributed by atoms with Gasteiger partial charge in [0.2, 0.25) is 0 Å². The molecule has 0 aliphatic heterocycles. The predicted molar refractivity (Wildman–Crippen MR) is 57.1 cm³/mol. The van der Waals surface area contributed by atoms with Crippen molar-refractivity contribution < 1.29 is 0 Å². The van der Waals surface area contributed by atoms with Crippen molar-refractivity contribution >= 4 is 23.1 Å². The lowest BCUT2D eigenvalue weighted by atomic mass is 10.3. The molecule has 76 valence electrons. The van der Waals surface area contributed by atoms with E-state index in [1.165, 1.54) is 4.90 Å². The molecule has 0 atom stereocenters. The molecule has 0 bridgehead atoms. The summed E-state index contributed by atoms with van der Waals surface area (Å²) in [6.45, 7) is 0.0935. The van der Waals surface area contributed by atoms with E-state index in [-0.39, 0.29) is 18.2 Å². The van der Waals surface area contributed by atoms with Gasteiger partial charge in [-0.05, 0) is 12.1 Å². The molecule has 0 radical (unpaired) electrons. The van der Waals surface area contributed by atoms with E-state index in [0.29, 0.717) is 11.5 Å². The number of anilines is 2. The average Bonchev–Trinajstić information content (AvgIpc) is 2.21. The molecule has 15 heavy (non-hydrogen) atoms. The predicted octanol–water partition coefficient (Wildman–Crippen LogP) is 1.17. The van der Waals surface area contributed by atoms with Crippen LogP contribution in [0.3, 0.4) is 0 Å². The van der Waals surface area contributed by atoms with E-state index in [2.05, 4.69) is 4.98 Å². The molecule has 0 aliphatic rings. The fraction of sp³-hybridized carbons (Fsp3) is 0.222. The van der Waals surface area contributed by atoms with E-state index in [9.17, 15) is 0 Å². The molecular formula is C9H8ClN5. The standard InChI is InChI=1S/C9H8ClN5/c10-8-2-1-7(13)9(14-8)15(5-3-11)6-4-12/h1-2H,5-6,13H2. The monoisotopic (exact) mass is 221 g/mol. The number of hydrogen-bond acceptors (Lipinski definition) is 5. The molecule has 0 unspecified atom stereocenters. The number of nitrogens with two attached hydrogens (primary N) is 1. The van der Waals surface area contributed by atoms with Gasteiger partial charge >= 0.3 is 0 Å². The maximum absolute atomic E-state index is 8.58. The van der Waals surface area contributed by atoms with Crippen molar-refractivity contribution in [3.8, 4) is 12.1 Å². The molecule has 5 nitrogen and oxygen atoms in total. The summed E-state index contributed by atoms with van der Waals surface area (Å²) in [4.78, 5) is 5.43. The quantitative estimate of drug-likeness (QED) is 0.611. The van der Waals surface area contributed by atoms with Gasteiger partial charge in [-0.3, -0.25) is 0 Å². The van der Waals surface area contributed by atoms with Crippen molar-refractivity contribution in [3.05, 3.63) is 17.3 Å². The van der Waals surface area contributed by atoms with E-state index >= 15 is 0 Å². The van der Waals surface area contributed by atoms with Gasteiger partial charge in [0.05, 0.1) is 17.8 Å². The normalized spacial score (nSPS) is 9.00. The van der Waals surface area contributed by atoms with Crippen molar-refractivity contribution in [2.75, 3.05) is 23.7 Å². The lowest BCUT2D eigenvalue weighted by molar-refractivity contribution is 0.938. The molecule has 2 N–H and O–H groups in total. The van der Waals surface area contributed by atoms with Gasteiger partial charge in [0.25, 0.3) is 0 Å². The first-order valence-corrected chi connectivity index (χ1v) is 4.47. The molecule has 1 aromatic heterocycles. The van der Waals surface area contributed by atoms with E-state index in [4.69, 9.17) is 27.9 Å². The summed E-state index contributed by atoms with van der Waals surface area (Å²) in [5.74, 6) is 0.366. The summed E-state index contributed by atoms with van der Waals surface area (Å²) in [6.07, 6.45) is 0. The third-order valence-corrected chi connectivity index (χ3v) is 1.90. The van der Waals surface area contributed by atoms with Gasteiger partial charge in [-0.25, -0.2) is 4.98 Å². The number of nitrogens with zero attached hydrogens (tertiary/aromatic N) is 4. The van der Waals surface area contributed by atoms with Crippen molar-refractivity contribution in [1.82, 2.24) is 4.98 Å². The van der Waals surface area contributed by atoms with Gasteiger partial charge in [0.1, 0.15) is 18.2 Å². The van der Waals surface area contributed by atoms with E-state index in [1.54, 1.807) is 12.1 Å². The van der Waals surface area contributed by atoms with Crippen LogP contribution in [-0.4, -0.2) is 18.1 Å². The number of hydrogen-bond donors (Lipinski definition) is 1. The van der Waals surface area contributed by atoms with E-state index in [1.807, 2.05) is 12.1 Å². The van der Waals surface area contributed by atoms with Crippen LogP contribution in [0.4, 0.5) is 11.5 Å². The zero-order valence-corrected chi connectivity index (χ0v) is 8.57. The van der Waals surface area contributed by atoms with Crippen molar-refractivity contribution in [1.29, 1.82) is 10.5 Å². The molecule has 0 spiro atoms. The van der Waals surface area contributed by atoms with Crippen LogP contribution in [-0.2, 0) is 0 Å². The minimum Gasteiger partial charge on any atom is -0.396 e. The van der Waals surface area contributed by atoms with Crippen LogP contribution in [0.15, 0.2) is 12.1 Å². The second kappa shape index (κ2) is 5.04. The Morgan fingerprint density at radius 1 is 1.33 bits per heavy atom. The third kappa shape index (κ3) is 2.73. The number of rotatable bonds is 3. The molecule has 1 rings (SSSR count). The van der Waals surface area contributed by atoms with Crippen molar-refractivity contribution in [2.24, 2.45) is 0 Å². The lowest BCUT2D eigenvalue weighted by Gasteiger charge is -2.18. The Morgan fingerprint density at radius 3 is 2.47 bits per heavy atom. The summed E-state index contributed by atoms with van der Waals surface area (Å²) in [7, 11) is 0. The number of aromatic nitrogens is 1. The fourth-order valence-corrected chi connectivity index (χ4v) is 1.21. The highest BCUT2D eigenvalue weighted by atomic mass is 35.5. The van der Waals surface area contributed by atoms with Crippen LogP contribution in [0, 0.1) is 22.7 Å². The summed E-state index contributed by atoms with van der Waals surface area (Å²) in [5.41, 5.74) is 6.06. The van der Waals surface area contributed by atoms with Crippen LogP contribution < -0.4 is 10.6 Å². The third-order valence-electron chi connectivity index (χ3n) is 1.69. The van der Waals surface area contributed by atoms with Crippen molar-refractivity contribution in [3.63, 3.8) is 0 Å². The first kappa shape index (κ1) is 11.1. The number of nitrogen functional groups attached to an aromatic ring is 1. The van der Waals surface area contributed by atoms with Gasteiger partial charge in [-0.15, -0.1) is 0 Å². The first-order valence-electron chi connectivity index (χ1n) is 4.10. The largest absolute Gasteiger partial charge is 0.396 e. The molecule has 0 saturated carbocycles. The highest BCUT2D eigenvalue weighted by molar-refractivity contribution is 6.29. The fourth-order valence-electron chi connectivity index (χ4n) is 1.07. The Balaban J connectivity index is 3.06. The second-order valence-electron chi connectivity index (χ2n) is 2.72. The summed E-state index contributed by atoms with van der Waals surface area (Å²) in [5, 5.41) is 17.4. The highest BCUT2D eigenvalue weighted by Crippen LogP contribution is 2.22. The summed E-state index contributed by atoms with van der Waals surface area (Å²) in [6, 6.07) is 7.01. The molecule has 0 aromatic carbocycles. The minimum atomic E-state index is 0.0467. The van der Waals surface area contributed by atoms with Crippen LogP contribution in [0.25, 0.3) is 0 Å². The van der Waals surface area contributed by atoms with Gasteiger partial charge in [0, 0.05) is 0 Å².